The SMILES string of the molecule is Nc1ccc(-c2cccs2)cc1CC(=O)c1ccc(CN2CC3(CCOCC3)OC2=O)cc1. The summed E-state index contributed by atoms with van der Waals surface area (Å²) in [5.41, 5.74) is 9.85. The summed E-state index contributed by atoms with van der Waals surface area (Å²) in [7, 11) is 0. The van der Waals surface area contributed by atoms with Crippen LogP contribution in [-0.4, -0.2) is 42.1 Å². The van der Waals surface area contributed by atoms with Gasteiger partial charge >= 0.3 is 6.09 Å². The number of rotatable bonds is 6. The lowest BCUT2D eigenvalue weighted by molar-refractivity contribution is -0.0437. The summed E-state index contributed by atoms with van der Waals surface area (Å²) in [5, 5.41) is 2.03. The van der Waals surface area contributed by atoms with Crippen LogP contribution >= 0.6 is 11.3 Å². The quantitative estimate of drug-likeness (QED) is 0.415. The van der Waals surface area contributed by atoms with Gasteiger partial charge < -0.3 is 15.2 Å². The number of carbonyl (C=O) groups is 2. The van der Waals surface area contributed by atoms with Crippen LogP contribution in [0.4, 0.5) is 10.5 Å². The molecule has 2 aromatic carbocycles. The van der Waals surface area contributed by atoms with Crippen LogP contribution in [0.1, 0.15) is 34.3 Å². The van der Waals surface area contributed by atoms with E-state index in [1.165, 1.54) is 0 Å². The normalized spacial score (nSPS) is 17.3. The maximum absolute atomic E-state index is 12.9. The number of benzene rings is 2. The number of amides is 1. The first-order valence-electron chi connectivity index (χ1n) is 11.1. The standard InChI is InChI=1S/C26H26N2O4S/c27-22-8-7-20(24-2-1-13-33-24)14-21(22)15-23(29)19-5-3-18(4-6-19)16-28-17-26(32-25(28)30)9-11-31-12-10-26/h1-8,13-14H,9-12,15-17,27H2. The van der Waals surface area contributed by atoms with Crippen molar-refractivity contribution in [2.75, 3.05) is 25.5 Å². The summed E-state index contributed by atoms with van der Waals surface area (Å²) < 4.78 is 11.1. The minimum atomic E-state index is -0.414. The summed E-state index contributed by atoms with van der Waals surface area (Å²) in [6.45, 7) is 2.29. The maximum Gasteiger partial charge on any atom is 0.410 e. The van der Waals surface area contributed by atoms with Crippen LogP contribution in [0, 0.1) is 0 Å². The van der Waals surface area contributed by atoms with Gasteiger partial charge in [-0.15, -0.1) is 11.3 Å². The average Bonchev–Trinajstić information content (AvgIpc) is 3.45. The third kappa shape index (κ3) is 4.65. The Morgan fingerprint density at radius 1 is 1.09 bits per heavy atom. The molecule has 1 amide bonds. The van der Waals surface area contributed by atoms with Gasteiger partial charge in [0.1, 0.15) is 5.60 Å². The second kappa shape index (κ2) is 9.00. The molecule has 2 aliphatic heterocycles. The maximum atomic E-state index is 12.9. The highest BCUT2D eigenvalue weighted by molar-refractivity contribution is 7.13. The van der Waals surface area contributed by atoms with Crippen LogP contribution in [0.25, 0.3) is 10.4 Å². The van der Waals surface area contributed by atoms with Gasteiger partial charge in [0.25, 0.3) is 0 Å². The number of carbonyl (C=O) groups excluding carboxylic acids is 2. The van der Waals surface area contributed by atoms with Gasteiger partial charge in [-0.1, -0.05) is 36.4 Å². The number of hydrogen-bond donors (Lipinski definition) is 1. The van der Waals surface area contributed by atoms with Crippen LogP contribution in [0.5, 0.6) is 0 Å². The molecule has 5 rings (SSSR count). The van der Waals surface area contributed by atoms with E-state index in [0.717, 1.165) is 34.4 Å². The zero-order valence-electron chi connectivity index (χ0n) is 18.3. The number of ether oxygens (including phenoxy) is 2. The van der Waals surface area contributed by atoms with Crippen molar-refractivity contribution in [3.05, 3.63) is 76.7 Å². The first kappa shape index (κ1) is 21.7. The number of anilines is 1. The Hall–Kier alpha value is -3.16. The van der Waals surface area contributed by atoms with E-state index in [4.69, 9.17) is 15.2 Å². The molecule has 3 aromatic rings. The summed E-state index contributed by atoms with van der Waals surface area (Å²) in [6, 6.07) is 17.4. The van der Waals surface area contributed by atoms with Crippen LogP contribution in [0.15, 0.2) is 60.0 Å². The molecule has 0 saturated carbocycles. The van der Waals surface area contributed by atoms with E-state index < -0.39 is 5.60 Å². The Bertz CT molecular complexity index is 1150. The van der Waals surface area contributed by atoms with Crippen molar-refractivity contribution >= 4 is 28.9 Å². The van der Waals surface area contributed by atoms with Crippen molar-refractivity contribution in [2.45, 2.75) is 31.4 Å². The molecule has 0 aliphatic carbocycles. The van der Waals surface area contributed by atoms with Crippen molar-refractivity contribution in [3.8, 4) is 10.4 Å². The van der Waals surface area contributed by atoms with Crippen LogP contribution in [-0.2, 0) is 22.4 Å². The van der Waals surface area contributed by atoms with E-state index in [1.54, 1.807) is 16.2 Å². The molecule has 2 aliphatic rings. The molecule has 6 nitrogen and oxygen atoms in total. The van der Waals surface area contributed by atoms with Gasteiger partial charge in [0, 0.05) is 41.9 Å². The third-order valence-corrected chi connectivity index (χ3v) is 7.31. The average molecular weight is 463 g/mol. The molecule has 1 aromatic heterocycles. The van der Waals surface area contributed by atoms with Crippen molar-refractivity contribution in [3.63, 3.8) is 0 Å². The van der Waals surface area contributed by atoms with Crippen LogP contribution in [0.2, 0.25) is 0 Å². The Kier molecular flexibility index (Phi) is 5.91. The van der Waals surface area contributed by atoms with E-state index in [1.807, 2.05) is 53.9 Å². The zero-order valence-corrected chi connectivity index (χ0v) is 19.1. The molecule has 3 heterocycles. The van der Waals surface area contributed by atoms with Crippen LogP contribution < -0.4 is 5.73 Å². The molecular formula is C26H26N2O4S. The van der Waals surface area contributed by atoms with E-state index >= 15 is 0 Å². The summed E-state index contributed by atoms with van der Waals surface area (Å²) >= 11 is 1.66. The second-order valence-corrected chi connectivity index (χ2v) is 9.65. The van der Waals surface area contributed by atoms with E-state index in [2.05, 4.69) is 6.07 Å². The monoisotopic (exact) mass is 462 g/mol. The van der Waals surface area contributed by atoms with Crippen LogP contribution in [0.3, 0.4) is 0 Å². The molecule has 2 N–H and O–H groups in total. The van der Waals surface area contributed by atoms with Gasteiger partial charge in [-0.3, -0.25) is 9.69 Å². The highest BCUT2D eigenvalue weighted by Crippen LogP contribution is 2.33. The molecule has 1 spiro atoms. The fourth-order valence-corrected chi connectivity index (χ4v) is 5.19. The van der Waals surface area contributed by atoms with Crippen molar-refractivity contribution < 1.29 is 19.1 Å². The van der Waals surface area contributed by atoms with Gasteiger partial charge in [-0.25, -0.2) is 4.79 Å². The molecule has 2 fully saturated rings. The minimum absolute atomic E-state index is 0.0123. The van der Waals surface area contributed by atoms with Gasteiger partial charge in [-0.2, -0.15) is 0 Å². The smallest absolute Gasteiger partial charge is 0.410 e. The Labute approximate surface area is 196 Å². The van der Waals surface area contributed by atoms with Crippen molar-refractivity contribution in [1.29, 1.82) is 0 Å². The van der Waals surface area contributed by atoms with Gasteiger partial charge in [0.2, 0.25) is 0 Å². The number of nitrogens with zero attached hydrogens (tertiary/aromatic N) is 1. The van der Waals surface area contributed by atoms with Crippen molar-refractivity contribution in [1.82, 2.24) is 4.90 Å². The Balaban J connectivity index is 1.24. The fourth-order valence-electron chi connectivity index (χ4n) is 4.46. The van der Waals surface area contributed by atoms with Gasteiger partial charge in [-0.05, 0) is 40.3 Å². The molecule has 2 saturated heterocycles. The van der Waals surface area contributed by atoms with Gasteiger partial charge in [0.05, 0.1) is 19.8 Å². The number of ketones is 1. The molecule has 0 bridgehead atoms. The highest BCUT2D eigenvalue weighted by Gasteiger charge is 2.45. The van der Waals surface area contributed by atoms with E-state index in [-0.39, 0.29) is 18.3 Å². The van der Waals surface area contributed by atoms with E-state index in [0.29, 0.717) is 37.6 Å². The second-order valence-electron chi connectivity index (χ2n) is 8.71. The summed E-state index contributed by atoms with van der Waals surface area (Å²) in [6.07, 6.45) is 1.44. The topological polar surface area (TPSA) is 81.9 Å². The predicted octanol–water partition coefficient (Wildman–Crippen LogP) is 4.92. The molecular weight excluding hydrogens is 436 g/mol. The third-order valence-electron chi connectivity index (χ3n) is 6.39. The molecule has 0 unspecified atom stereocenters. The molecule has 0 radical (unpaired) electrons. The number of nitrogens with two attached hydrogens (primary N) is 1. The number of nitrogen functional groups attached to an aromatic ring is 1. The predicted molar refractivity (Wildman–Crippen MR) is 128 cm³/mol. The van der Waals surface area contributed by atoms with Gasteiger partial charge in [0.15, 0.2) is 5.78 Å². The lowest BCUT2D eigenvalue weighted by Gasteiger charge is -2.30. The number of thiophene rings is 1. The molecule has 33 heavy (non-hydrogen) atoms. The molecule has 7 heteroatoms. The summed E-state index contributed by atoms with van der Waals surface area (Å²) in [4.78, 5) is 28.2. The number of Topliss-reactive ketones (excluding diaryl/α,β-unsaturated/α-hetero) is 1. The fraction of sp³-hybridized carbons (Fsp3) is 0.308. The first-order chi connectivity index (χ1) is 16.0. The molecule has 0 atom stereocenters. The lowest BCUT2D eigenvalue weighted by Crippen LogP contribution is -2.40. The largest absolute Gasteiger partial charge is 0.441 e. The Morgan fingerprint density at radius 3 is 2.61 bits per heavy atom. The number of hydrogen-bond acceptors (Lipinski definition) is 6. The first-order valence-corrected chi connectivity index (χ1v) is 12.0. The highest BCUT2D eigenvalue weighted by atomic mass is 32.1. The lowest BCUT2D eigenvalue weighted by atomic mass is 9.94. The Morgan fingerprint density at radius 2 is 1.88 bits per heavy atom. The molecule has 170 valence electrons. The summed E-state index contributed by atoms with van der Waals surface area (Å²) in [5.74, 6) is 0.0123. The zero-order chi connectivity index (χ0) is 22.8. The minimum Gasteiger partial charge on any atom is -0.441 e. The van der Waals surface area contributed by atoms with Crippen molar-refractivity contribution in [2.24, 2.45) is 0 Å². The van der Waals surface area contributed by atoms with E-state index in [9.17, 15) is 9.59 Å².